The predicted octanol–water partition coefficient (Wildman–Crippen LogP) is 31.7. The monoisotopic (exact) mass is 1590 g/mol. The number of anilines is 6. The lowest BCUT2D eigenvalue weighted by Crippen LogP contribution is -2.28. The highest BCUT2D eigenvalue weighted by Crippen LogP contribution is 2.60. The second kappa shape index (κ2) is 32.2. The van der Waals surface area contributed by atoms with Gasteiger partial charge in [0.25, 0.3) is 0 Å². The summed E-state index contributed by atoms with van der Waals surface area (Å²) in [5, 5.41) is 0. The Balaban J connectivity index is 0.000000152. The van der Waals surface area contributed by atoms with Crippen LogP contribution in [0.25, 0.3) is 89.0 Å². The average Bonchev–Trinajstić information content (AvgIpc) is 1.56. The summed E-state index contributed by atoms with van der Waals surface area (Å²) in [4.78, 5) is 4.67. The Labute approximate surface area is 732 Å². The molecule has 125 heavy (non-hydrogen) atoms. The molecule has 20 aromatic rings. The number of hydrogen-bond donors (Lipinski definition) is 0. The van der Waals surface area contributed by atoms with Crippen molar-refractivity contribution in [1.29, 1.82) is 0 Å². The Kier molecular flexibility index (Phi) is 19.4. The predicted molar refractivity (Wildman–Crippen MR) is 521 cm³/mol. The van der Waals surface area contributed by atoms with Crippen LogP contribution >= 0.6 is 0 Å². The Hall–Kier alpha value is -16.0. The van der Waals surface area contributed by atoms with Crippen LogP contribution < -0.4 is 9.80 Å². The van der Waals surface area contributed by atoms with Gasteiger partial charge < -0.3 is 9.80 Å². The van der Waals surface area contributed by atoms with E-state index < -0.39 is 16.2 Å². The molecule has 0 aliphatic heterocycles. The molecule has 588 valence electrons. The molecular formula is C123H86N2. The van der Waals surface area contributed by atoms with Crippen molar-refractivity contribution in [2.24, 2.45) is 0 Å². The van der Waals surface area contributed by atoms with Gasteiger partial charge in [0.2, 0.25) is 0 Å². The summed E-state index contributed by atoms with van der Waals surface area (Å²) in [6.45, 7) is 0. The third-order valence-electron chi connectivity index (χ3n) is 26.3. The van der Waals surface area contributed by atoms with Crippen LogP contribution in [-0.4, -0.2) is 0 Å². The minimum absolute atomic E-state index is 0.395. The lowest BCUT2D eigenvalue weighted by Gasteiger charge is -2.34. The van der Waals surface area contributed by atoms with Crippen LogP contribution in [0.4, 0.5) is 34.1 Å². The number of nitrogens with zero attached hydrogens (tertiary/aromatic N) is 2. The second-order valence-electron chi connectivity index (χ2n) is 32.8. The summed E-state index contributed by atoms with van der Waals surface area (Å²) in [7, 11) is 0. The minimum Gasteiger partial charge on any atom is -0.311 e. The topological polar surface area (TPSA) is 6.48 Å². The van der Waals surface area contributed by atoms with E-state index in [1.165, 1.54) is 156 Å². The molecule has 3 aliphatic carbocycles. The van der Waals surface area contributed by atoms with E-state index in [1.807, 2.05) is 0 Å². The number of rotatable bonds is 17. The van der Waals surface area contributed by atoms with Crippen LogP contribution in [0.1, 0.15) is 66.8 Å². The second-order valence-corrected chi connectivity index (χ2v) is 32.8. The molecule has 0 fully saturated rings. The number of fused-ring (bicyclic) bond motifs is 9. The standard InChI is InChI=1S/C68H47N.C55H39N/c1-4-18-52(19-5-1)67(63-28-14-10-24-59(63)60-25-11-15-29-64(60)67)54-40-32-48(33-41-54)50-36-44-57(45-37-50)69(56-22-8-3-9-23-56)58-46-38-51(39-47-58)49-34-42-55(43-35-49)68(53-20-6-2-7-21-53)65-30-16-12-26-61(65)62-27-13-17-31-66(62)68;1-4-14-40(15-5-1)41-24-26-42(27-25-41)44-30-36-49(37-31-44)56(48-18-8-3-9-19-48)50-38-32-45(33-39-50)43-28-34-47(35-29-43)55(46-16-6-2-7-17-46)53-22-12-10-20-51(53)52-21-11-13-23-54(52)55/h1-47H;1-39H. The van der Waals surface area contributed by atoms with Gasteiger partial charge >= 0.3 is 0 Å². The zero-order valence-electron chi connectivity index (χ0n) is 69.0. The van der Waals surface area contributed by atoms with Crippen molar-refractivity contribution in [3.8, 4) is 89.0 Å². The van der Waals surface area contributed by atoms with Crippen molar-refractivity contribution in [3.05, 3.63) is 588 Å². The fourth-order valence-electron chi connectivity index (χ4n) is 20.6. The number of hydrogen-bond acceptors (Lipinski definition) is 2. The molecule has 0 aromatic heterocycles. The molecule has 3 aliphatic rings. The summed E-state index contributed by atoms with van der Waals surface area (Å²) in [6.07, 6.45) is 0. The maximum Gasteiger partial charge on any atom is 0.0713 e. The van der Waals surface area contributed by atoms with Crippen LogP contribution in [0.2, 0.25) is 0 Å². The molecule has 0 amide bonds. The van der Waals surface area contributed by atoms with E-state index in [-0.39, 0.29) is 0 Å². The Morgan fingerprint density at radius 3 is 0.448 bits per heavy atom. The third-order valence-corrected chi connectivity index (χ3v) is 26.3. The van der Waals surface area contributed by atoms with Gasteiger partial charge in [0.15, 0.2) is 0 Å². The zero-order chi connectivity index (χ0) is 83.1. The molecule has 2 heteroatoms. The number of para-hydroxylation sites is 2. The number of benzene rings is 20. The van der Waals surface area contributed by atoms with Crippen molar-refractivity contribution < 1.29 is 0 Å². The molecule has 0 saturated carbocycles. The van der Waals surface area contributed by atoms with Crippen molar-refractivity contribution in [1.82, 2.24) is 0 Å². The van der Waals surface area contributed by atoms with Gasteiger partial charge in [-0.1, -0.05) is 449 Å². The first-order chi connectivity index (χ1) is 62.0. The lowest BCUT2D eigenvalue weighted by molar-refractivity contribution is 0.768. The van der Waals surface area contributed by atoms with Crippen molar-refractivity contribution >= 4 is 34.1 Å². The van der Waals surface area contributed by atoms with Gasteiger partial charge in [0.1, 0.15) is 0 Å². The molecule has 0 bridgehead atoms. The normalized spacial score (nSPS) is 13.0. The first-order valence-electron chi connectivity index (χ1n) is 43.3. The molecule has 20 aromatic carbocycles. The summed E-state index contributed by atoms with van der Waals surface area (Å²) in [5.74, 6) is 0. The van der Waals surface area contributed by atoms with Gasteiger partial charge in [-0.15, -0.1) is 0 Å². The molecular weight excluding hydrogens is 1510 g/mol. The van der Waals surface area contributed by atoms with Crippen LogP contribution in [-0.2, 0) is 16.2 Å². The molecule has 0 atom stereocenters. The molecule has 0 unspecified atom stereocenters. The highest BCUT2D eigenvalue weighted by Gasteiger charge is 2.49. The van der Waals surface area contributed by atoms with E-state index in [2.05, 4.69) is 532 Å². The van der Waals surface area contributed by atoms with E-state index in [0.29, 0.717) is 0 Å². The smallest absolute Gasteiger partial charge is 0.0713 e. The van der Waals surface area contributed by atoms with E-state index >= 15 is 0 Å². The average molecular weight is 1590 g/mol. The van der Waals surface area contributed by atoms with Crippen LogP contribution in [0, 0.1) is 0 Å². The van der Waals surface area contributed by atoms with E-state index in [4.69, 9.17) is 0 Å². The molecule has 2 nitrogen and oxygen atoms in total. The van der Waals surface area contributed by atoms with Gasteiger partial charge in [0.05, 0.1) is 16.2 Å². The van der Waals surface area contributed by atoms with E-state index in [0.717, 1.165) is 34.1 Å². The highest BCUT2D eigenvalue weighted by atomic mass is 15.1. The Morgan fingerprint density at radius 1 is 0.104 bits per heavy atom. The van der Waals surface area contributed by atoms with Gasteiger partial charge in [-0.3, -0.25) is 0 Å². The Bertz CT molecular complexity index is 6860. The van der Waals surface area contributed by atoms with Gasteiger partial charge in [-0.2, -0.15) is 0 Å². The van der Waals surface area contributed by atoms with Crippen molar-refractivity contribution in [2.45, 2.75) is 16.2 Å². The van der Waals surface area contributed by atoms with Crippen LogP contribution in [0.15, 0.2) is 522 Å². The minimum atomic E-state index is -0.410. The molecule has 0 radical (unpaired) electrons. The molecule has 0 spiro atoms. The first-order valence-corrected chi connectivity index (χ1v) is 43.3. The summed E-state index contributed by atoms with van der Waals surface area (Å²) < 4.78 is 0. The maximum absolute atomic E-state index is 2.34. The highest BCUT2D eigenvalue weighted by molar-refractivity contribution is 5.91. The zero-order valence-corrected chi connectivity index (χ0v) is 69.0. The van der Waals surface area contributed by atoms with E-state index in [1.54, 1.807) is 0 Å². The van der Waals surface area contributed by atoms with Gasteiger partial charge in [-0.05, 0) is 229 Å². The fraction of sp³-hybridized carbons (Fsp3) is 0.0244. The lowest BCUT2D eigenvalue weighted by atomic mass is 9.67. The Morgan fingerprint density at radius 2 is 0.240 bits per heavy atom. The van der Waals surface area contributed by atoms with Crippen molar-refractivity contribution in [3.63, 3.8) is 0 Å². The van der Waals surface area contributed by atoms with E-state index in [9.17, 15) is 0 Å². The largest absolute Gasteiger partial charge is 0.311 e. The third kappa shape index (κ3) is 13.0. The van der Waals surface area contributed by atoms with Gasteiger partial charge in [0, 0.05) is 34.1 Å². The maximum atomic E-state index is 2.34. The summed E-state index contributed by atoms with van der Waals surface area (Å²) >= 11 is 0. The molecule has 0 saturated heterocycles. The molecule has 0 heterocycles. The van der Waals surface area contributed by atoms with Gasteiger partial charge in [-0.25, -0.2) is 0 Å². The first kappa shape index (κ1) is 75.2. The fourth-order valence-corrected chi connectivity index (χ4v) is 20.6. The van der Waals surface area contributed by atoms with Crippen molar-refractivity contribution in [2.75, 3.05) is 9.80 Å². The SMILES string of the molecule is c1ccc(-c2ccc(-c3ccc(N(c4ccccc4)c4ccc(-c5ccc(C6(c7ccccc7)c7ccccc7-c7ccccc76)cc5)cc4)cc3)cc2)cc1.c1ccc(N(c2ccc(-c3ccc(C4(c5ccccc5)c5ccccc5-c5ccccc54)cc3)cc2)c2ccc(-c3ccc(C4(c5ccccc5)c5ccccc5-c5ccccc54)cc3)cc2)cc1. The quantitative estimate of drug-likeness (QED) is 0.0896. The molecule has 0 N–H and O–H groups in total. The van der Waals surface area contributed by atoms with Crippen LogP contribution in [0.3, 0.4) is 0 Å². The summed E-state index contributed by atoms with van der Waals surface area (Å²) in [5.41, 5.74) is 40.8. The molecule has 23 rings (SSSR count). The summed E-state index contributed by atoms with van der Waals surface area (Å²) in [6, 6.07) is 191. The van der Waals surface area contributed by atoms with Crippen LogP contribution in [0.5, 0.6) is 0 Å².